The van der Waals surface area contributed by atoms with Crippen LogP contribution in [0, 0.1) is 11.8 Å². The predicted octanol–water partition coefficient (Wildman–Crippen LogP) is 3.18. The number of fused-ring (bicyclic) bond motifs is 1. The minimum absolute atomic E-state index is 0.207. The molecule has 0 radical (unpaired) electrons. The van der Waals surface area contributed by atoms with Crippen LogP contribution in [-0.2, 0) is 0 Å². The molecule has 0 spiro atoms. The van der Waals surface area contributed by atoms with E-state index in [-0.39, 0.29) is 6.04 Å². The van der Waals surface area contributed by atoms with Crippen molar-refractivity contribution in [1.29, 1.82) is 0 Å². The summed E-state index contributed by atoms with van der Waals surface area (Å²) >= 11 is 0. The first kappa shape index (κ1) is 14.7. The molecule has 0 aromatic heterocycles. The van der Waals surface area contributed by atoms with Crippen LogP contribution in [0.15, 0.2) is 18.2 Å². The highest BCUT2D eigenvalue weighted by molar-refractivity contribution is 5.44. The van der Waals surface area contributed by atoms with E-state index in [0.29, 0.717) is 5.92 Å². The van der Waals surface area contributed by atoms with Crippen LogP contribution in [0.2, 0.25) is 0 Å². The molecule has 21 heavy (non-hydrogen) atoms. The Morgan fingerprint density at radius 3 is 2.76 bits per heavy atom. The van der Waals surface area contributed by atoms with Crippen molar-refractivity contribution in [1.82, 2.24) is 5.43 Å². The third-order valence-corrected chi connectivity index (χ3v) is 4.94. The van der Waals surface area contributed by atoms with Gasteiger partial charge in [-0.05, 0) is 42.4 Å². The molecule has 3 rings (SSSR count). The van der Waals surface area contributed by atoms with E-state index < -0.39 is 0 Å². The number of ether oxygens (including phenoxy) is 2. The number of rotatable bonds is 4. The van der Waals surface area contributed by atoms with Gasteiger partial charge in [0.25, 0.3) is 0 Å². The molecule has 116 valence electrons. The van der Waals surface area contributed by atoms with Gasteiger partial charge in [-0.25, -0.2) is 0 Å². The van der Waals surface area contributed by atoms with E-state index in [1.54, 1.807) is 0 Å². The summed E-state index contributed by atoms with van der Waals surface area (Å²) in [5, 5.41) is 0. The molecule has 1 aliphatic carbocycles. The zero-order chi connectivity index (χ0) is 14.7. The average Bonchev–Trinajstić information content (AvgIpc) is 2.86. The number of nitrogens with one attached hydrogen (secondary N) is 1. The van der Waals surface area contributed by atoms with Crippen molar-refractivity contribution >= 4 is 0 Å². The topological polar surface area (TPSA) is 56.5 Å². The smallest absolute Gasteiger partial charge is 0.161 e. The third-order valence-electron chi connectivity index (χ3n) is 4.94. The van der Waals surface area contributed by atoms with Gasteiger partial charge in [-0.3, -0.25) is 11.3 Å². The molecule has 3 N–H and O–H groups in total. The second kappa shape index (κ2) is 6.67. The van der Waals surface area contributed by atoms with Crippen molar-refractivity contribution in [3.8, 4) is 11.5 Å². The summed E-state index contributed by atoms with van der Waals surface area (Å²) in [6.45, 7) is 3.73. The van der Waals surface area contributed by atoms with Crippen LogP contribution in [0.3, 0.4) is 0 Å². The Labute approximate surface area is 127 Å². The van der Waals surface area contributed by atoms with Crippen LogP contribution in [0.4, 0.5) is 0 Å². The molecule has 1 fully saturated rings. The Morgan fingerprint density at radius 2 is 2.05 bits per heavy atom. The molecule has 0 saturated heterocycles. The standard InChI is InChI=1S/C17H26N2O2/c1-2-12-4-5-13(10-12)17(19-18)14-6-7-15-16(11-14)21-9-3-8-20-15/h6-7,11-13,17,19H,2-5,8-10,18H2,1H3. The lowest BCUT2D eigenvalue weighted by Gasteiger charge is -2.24. The van der Waals surface area contributed by atoms with E-state index in [0.717, 1.165) is 37.1 Å². The predicted molar refractivity (Wildman–Crippen MR) is 83.2 cm³/mol. The molecule has 1 aromatic carbocycles. The minimum atomic E-state index is 0.207. The molecule has 1 aliphatic heterocycles. The SMILES string of the molecule is CCC1CCC(C(NN)c2ccc3c(c2)OCCCO3)C1. The summed E-state index contributed by atoms with van der Waals surface area (Å²) in [5.74, 6) is 9.03. The fraction of sp³-hybridized carbons (Fsp3) is 0.647. The van der Waals surface area contributed by atoms with Crippen molar-refractivity contribution in [3.63, 3.8) is 0 Å². The van der Waals surface area contributed by atoms with Crippen LogP contribution >= 0.6 is 0 Å². The zero-order valence-electron chi connectivity index (χ0n) is 12.8. The van der Waals surface area contributed by atoms with Crippen LogP contribution < -0.4 is 20.7 Å². The summed E-state index contributed by atoms with van der Waals surface area (Å²) in [4.78, 5) is 0. The lowest BCUT2D eigenvalue weighted by molar-refractivity contribution is 0.296. The van der Waals surface area contributed by atoms with Gasteiger partial charge in [0.15, 0.2) is 11.5 Å². The van der Waals surface area contributed by atoms with Crippen LogP contribution in [0.25, 0.3) is 0 Å². The number of hydrazine groups is 1. The van der Waals surface area contributed by atoms with Gasteiger partial charge in [0.05, 0.1) is 13.2 Å². The maximum atomic E-state index is 5.86. The van der Waals surface area contributed by atoms with Crippen molar-refractivity contribution in [2.45, 2.75) is 45.1 Å². The largest absolute Gasteiger partial charge is 0.490 e. The first-order valence-electron chi connectivity index (χ1n) is 8.17. The zero-order valence-corrected chi connectivity index (χ0v) is 12.8. The Hall–Kier alpha value is -1.26. The highest BCUT2D eigenvalue weighted by Gasteiger charge is 2.31. The summed E-state index contributed by atoms with van der Waals surface area (Å²) < 4.78 is 11.5. The Kier molecular flexibility index (Phi) is 4.66. The number of hydrogen-bond donors (Lipinski definition) is 2. The van der Waals surface area contributed by atoms with Gasteiger partial charge in [-0.15, -0.1) is 0 Å². The second-order valence-corrected chi connectivity index (χ2v) is 6.25. The molecule has 0 bridgehead atoms. The quantitative estimate of drug-likeness (QED) is 0.660. The molecular formula is C17H26N2O2. The van der Waals surface area contributed by atoms with Crippen LogP contribution in [-0.4, -0.2) is 13.2 Å². The van der Waals surface area contributed by atoms with Gasteiger partial charge in [0, 0.05) is 12.5 Å². The van der Waals surface area contributed by atoms with E-state index >= 15 is 0 Å². The number of hydrogen-bond acceptors (Lipinski definition) is 4. The molecule has 3 unspecified atom stereocenters. The average molecular weight is 290 g/mol. The fourth-order valence-corrected chi connectivity index (χ4v) is 3.66. The molecule has 3 atom stereocenters. The van der Waals surface area contributed by atoms with Gasteiger partial charge < -0.3 is 9.47 Å². The lowest BCUT2D eigenvalue weighted by Crippen LogP contribution is -2.32. The first-order chi connectivity index (χ1) is 10.3. The van der Waals surface area contributed by atoms with Crippen molar-refractivity contribution in [3.05, 3.63) is 23.8 Å². The van der Waals surface area contributed by atoms with E-state index in [4.69, 9.17) is 15.3 Å². The summed E-state index contributed by atoms with van der Waals surface area (Å²) in [6, 6.07) is 6.45. The van der Waals surface area contributed by atoms with Crippen LogP contribution in [0.5, 0.6) is 11.5 Å². The normalized spacial score (nSPS) is 26.4. The molecule has 0 amide bonds. The molecule has 4 nitrogen and oxygen atoms in total. The summed E-state index contributed by atoms with van der Waals surface area (Å²) in [5.41, 5.74) is 4.24. The van der Waals surface area contributed by atoms with E-state index in [1.807, 2.05) is 6.07 Å². The molecular weight excluding hydrogens is 264 g/mol. The van der Waals surface area contributed by atoms with Crippen LogP contribution in [0.1, 0.15) is 50.6 Å². The Bertz CT molecular complexity index is 478. The van der Waals surface area contributed by atoms with Crippen molar-refractivity contribution in [2.24, 2.45) is 17.7 Å². The van der Waals surface area contributed by atoms with Gasteiger partial charge in [-0.1, -0.05) is 25.8 Å². The highest BCUT2D eigenvalue weighted by atomic mass is 16.5. The van der Waals surface area contributed by atoms with Gasteiger partial charge in [-0.2, -0.15) is 0 Å². The van der Waals surface area contributed by atoms with Gasteiger partial charge >= 0.3 is 0 Å². The number of nitrogens with two attached hydrogens (primary N) is 1. The highest BCUT2D eigenvalue weighted by Crippen LogP contribution is 2.42. The molecule has 2 aliphatic rings. The Morgan fingerprint density at radius 1 is 1.24 bits per heavy atom. The third kappa shape index (κ3) is 3.16. The Balaban J connectivity index is 1.79. The monoisotopic (exact) mass is 290 g/mol. The lowest BCUT2D eigenvalue weighted by atomic mass is 9.90. The van der Waals surface area contributed by atoms with Gasteiger partial charge in [0.2, 0.25) is 0 Å². The first-order valence-corrected chi connectivity index (χ1v) is 8.17. The van der Waals surface area contributed by atoms with E-state index in [9.17, 15) is 0 Å². The van der Waals surface area contributed by atoms with E-state index in [1.165, 1.54) is 31.2 Å². The van der Waals surface area contributed by atoms with Crippen molar-refractivity contribution in [2.75, 3.05) is 13.2 Å². The van der Waals surface area contributed by atoms with E-state index in [2.05, 4.69) is 24.5 Å². The molecule has 1 aromatic rings. The maximum absolute atomic E-state index is 5.86. The minimum Gasteiger partial charge on any atom is -0.490 e. The summed E-state index contributed by atoms with van der Waals surface area (Å²) in [6.07, 6.45) is 6.05. The molecule has 1 heterocycles. The number of benzene rings is 1. The molecule has 1 saturated carbocycles. The fourth-order valence-electron chi connectivity index (χ4n) is 3.66. The summed E-state index contributed by atoms with van der Waals surface area (Å²) in [7, 11) is 0. The molecule has 4 heteroatoms. The van der Waals surface area contributed by atoms with Gasteiger partial charge in [0.1, 0.15) is 0 Å². The maximum Gasteiger partial charge on any atom is 0.161 e. The van der Waals surface area contributed by atoms with Crippen molar-refractivity contribution < 1.29 is 9.47 Å². The second-order valence-electron chi connectivity index (χ2n) is 6.25.